The van der Waals surface area contributed by atoms with Crippen LogP contribution in [0.25, 0.3) is 11.1 Å². The fourth-order valence-electron chi connectivity index (χ4n) is 3.26. The van der Waals surface area contributed by atoms with E-state index in [9.17, 15) is 4.79 Å². The van der Waals surface area contributed by atoms with Gasteiger partial charge in [0.25, 0.3) is 0 Å². The summed E-state index contributed by atoms with van der Waals surface area (Å²) in [6, 6.07) is 14.1. The van der Waals surface area contributed by atoms with Crippen molar-refractivity contribution in [2.45, 2.75) is 58.8 Å². The van der Waals surface area contributed by atoms with Crippen LogP contribution < -0.4 is 4.74 Å². The topological polar surface area (TPSA) is 46.5 Å². The molecule has 2 aromatic rings. The quantitative estimate of drug-likeness (QED) is 0.322. The molecule has 0 atom stereocenters. The number of aryl methyl sites for hydroxylation is 1. The van der Waals surface area contributed by atoms with Crippen LogP contribution in [0.5, 0.6) is 5.75 Å². The van der Waals surface area contributed by atoms with Gasteiger partial charge in [-0.3, -0.25) is 0 Å². The van der Waals surface area contributed by atoms with Crippen molar-refractivity contribution in [3.8, 4) is 16.9 Å². The third-order valence-electron chi connectivity index (χ3n) is 4.44. The van der Waals surface area contributed by atoms with Gasteiger partial charge in [-0.05, 0) is 42.0 Å². The molecule has 0 aromatic heterocycles. The highest BCUT2D eigenvalue weighted by Crippen LogP contribution is 2.34. The Morgan fingerprint density at radius 2 is 1.64 bits per heavy atom. The Kier molecular flexibility index (Phi) is 7.52. The van der Waals surface area contributed by atoms with Crippen LogP contribution in [0.4, 0.5) is 4.79 Å². The predicted octanol–water partition coefficient (Wildman–Crippen LogP) is 6.49. The highest BCUT2D eigenvalue weighted by molar-refractivity contribution is 5.74. The monoisotopic (exact) mass is 340 g/mol. The Morgan fingerprint density at radius 1 is 0.880 bits per heavy atom. The van der Waals surface area contributed by atoms with E-state index < -0.39 is 6.16 Å². The lowest BCUT2D eigenvalue weighted by molar-refractivity contribution is 0.144. The Balaban J connectivity index is 2.43. The smallest absolute Gasteiger partial charge is 0.449 e. The van der Waals surface area contributed by atoms with Crippen molar-refractivity contribution in [2.75, 3.05) is 0 Å². The van der Waals surface area contributed by atoms with Crippen LogP contribution in [0, 0.1) is 0 Å². The van der Waals surface area contributed by atoms with E-state index in [0.717, 1.165) is 43.2 Å². The first-order valence-electron chi connectivity index (χ1n) is 9.28. The highest BCUT2D eigenvalue weighted by Gasteiger charge is 2.15. The summed E-state index contributed by atoms with van der Waals surface area (Å²) < 4.78 is 5.08. The lowest BCUT2D eigenvalue weighted by Crippen LogP contribution is -2.06. The van der Waals surface area contributed by atoms with E-state index in [2.05, 4.69) is 38.1 Å². The molecule has 25 heavy (non-hydrogen) atoms. The normalized spacial score (nSPS) is 10.6. The van der Waals surface area contributed by atoms with Gasteiger partial charge in [0, 0.05) is 5.56 Å². The van der Waals surface area contributed by atoms with Crippen LogP contribution in [-0.4, -0.2) is 11.3 Å². The van der Waals surface area contributed by atoms with Gasteiger partial charge in [0.2, 0.25) is 0 Å². The number of unbranched alkanes of at least 4 members (excludes halogenated alkanes) is 3. The molecule has 3 heteroatoms. The fraction of sp³-hybridized carbons (Fsp3) is 0.409. The molecule has 0 saturated carbocycles. The van der Waals surface area contributed by atoms with Gasteiger partial charge in [0.05, 0.1) is 0 Å². The van der Waals surface area contributed by atoms with Gasteiger partial charge in [0.15, 0.2) is 0 Å². The number of ether oxygens (including phenoxy) is 1. The highest BCUT2D eigenvalue weighted by atomic mass is 16.7. The van der Waals surface area contributed by atoms with Crippen molar-refractivity contribution in [3.05, 3.63) is 53.6 Å². The van der Waals surface area contributed by atoms with Gasteiger partial charge in [-0.15, -0.1) is 0 Å². The first kappa shape index (κ1) is 19.0. The molecule has 0 heterocycles. The van der Waals surface area contributed by atoms with Crippen LogP contribution in [0.3, 0.4) is 0 Å². The van der Waals surface area contributed by atoms with Crippen LogP contribution >= 0.6 is 0 Å². The summed E-state index contributed by atoms with van der Waals surface area (Å²) in [7, 11) is 0. The number of carbonyl (C=O) groups is 1. The van der Waals surface area contributed by atoms with Gasteiger partial charge >= 0.3 is 6.16 Å². The molecule has 0 unspecified atom stereocenters. The maximum atomic E-state index is 11.1. The van der Waals surface area contributed by atoms with Gasteiger partial charge in [-0.25, -0.2) is 4.79 Å². The second-order valence-corrected chi connectivity index (χ2v) is 6.37. The van der Waals surface area contributed by atoms with Gasteiger partial charge in [-0.1, -0.05) is 75.9 Å². The summed E-state index contributed by atoms with van der Waals surface area (Å²) >= 11 is 0. The van der Waals surface area contributed by atoms with Gasteiger partial charge in [0.1, 0.15) is 5.75 Å². The van der Waals surface area contributed by atoms with E-state index in [1.165, 1.54) is 24.0 Å². The van der Waals surface area contributed by atoms with Crippen LogP contribution in [0.2, 0.25) is 0 Å². The molecule has 134 valence electrons. The average Bonchev–Trinajstić information content (AvgIpc) is 2.60. The van der Waals surface area contributed by atoms with Gasteiger partial charge in [-0.2, -0.15) is 0 Å². The first-order valence-corrected chi connectivity index (χ1v) is 9.28. The van der Waals surface area contributed by atoms with E-state index in [1.807, 2.05) is 12.1 Å². The molecule has 0 aliphatic carbocycles. The van der Waals surface area contributed by atoms with Crippen molar-refractivity contribution in [1.82, 2.24) is 0 Å². The van der Waals surface area contributed by atoms with Crippen molar-refractivity contribution < 1.29 is 14.6 Å². The Morgan fingerprint density at radius 3 is 2.36 bits per heavy atom. The Hall–Kier alpha value is -2.29. The lowest BCUT2D eigenvalue weighted by atomic mass is 9.90. The van der Waals surface area contributed by atoms with Crippen molar-refractivity contribution in [2.24, 2.45) is 0 Å². The maximum Gasteiger partial charge on any atom is 0.511 e. The molecule has 0 amide bonds. The van der Waals surface area contributed by atoms with Crippen LogP contribution in [0.1, 0.15) is 57.1 Å². The minimum absolute atomic E-state index is 0.466. The van der Waals surface area contributed by atoms with E-state index in [4.69, 9.17) is 9.84 Å². The summed E-state index contributed by atoms with van der Waals surface area (Å²) in [4.78, 5) is 11.1. The Bertz CT molecular complexity index is 691. The number of benzene rings is 2. The number of hydrogen-bond donors (Lipinski definition) is 1. The average molecular weight is 340 g/mol. The second kappa shape index (κ2) is 9.87. The van der Waals surface area contributed by atoms with E-state index in [-0.39, 0.29) is 0 Å². The molecule has 0 bridgehead atoms. The van der Waals surface area contributed by atoms with Crippen molar-refractivity contribution in [1.29, 1.82) is 0 Å². The minimum Gasteiger partial charge on any atom is -0.449 e. The largest absolute Gasteiger partial charge is 0.511 e. The van der Waals surface area contributed by atoms with E-state index in [0.29, 0.717) is 5.75 Å². The molecule has 0 aliphatic heterocycles. The van der Waals surface area contributed by atoms with Crippen LogP contribution in [0.15, 0.2) is 42.5 Å². The molecule has 3 nitrogen and oxygen atoms in total. The standard InChI is InChI=1S/C22H28O3/c1-3-5-6-7-14-20-19(15-10-16-21(20)25-22(23)24)18-13-9-8-12-17(18)11-4-2/h8-10,12-13,15-16H,3-7,11,14H2,1-2H3,(H,23,24). The molecule has 2 rings (SSSR count). The number of carboxylic acid groups (broad SMARTS) is 1. The van der Waals surface area contributed by atoms with E-state index in [1.54, 1.807) is 6.07 Å². The number of hydrogen-bond acceptors (Lipinski definition) is 2. The van der Waals surface area contributed by atoms with E-state index >= 15 is 0 Å². The molecular formula is C22H28O3. The molecule has 2 aromatic carbocycles. The van der Waals surface area contributed by atoms with Crippen molar-refractivity contribution in [3.63, 3.8) is 0 Å². The zero-order valence-corrected chi connectivity index (χ0v) is 15.3. The molecule has 0 fully saturated rings. The zero-order chi connectivity index (χ0) is 18.1. The number of rotatable bonds is 9. The fourth-order valence-corrected chi connectivity index (χ4v) is 3.26. The molecule has 0 aliphatic rings. The maximum absolute atomic E-state index is 11.1. The minimum atomic E-state index is -1.26. The van der Waals surface area contributed by atoms with Crippen molar-refractivity contribution >= 4 is 6.16 Å². The summed E-state index contributed by atoms with van der Waals surface area (Å²) in [5.74, 6) is 0.466. The summed E-state index contributed by atoms with van der Waals surface area (Å²) in [5, 5.41) is 9.08. The SMILES string of the molecule is CCCCCCc1c(OC(=O)O)cccc1-c1ccccc1CCC. The molecule has 0 radical (unpaired) electrons. The zero-order valence-electron chi connectivity index (χ0n) is 15.3. The van der Waals surface area contributed by atoms with Crippen LogP contribution in [-0.2, 0) is 12.8 Å². The third kappa shape index (κ3) is 5.35. The molecule has 0 saturated heterocycles. The third-order valence-corrected chi connectivity index (χ3v) is 4.44. The molecule has 0 spiro atoms. The lowest BCUT2D eigenvalue weighted by Gasteiger charge is -2.16. The second-order valence-electron chi connectivity index (χ2n) is 6.37. The summed E-state index contributed by atoms with van der Waals surface area (Å²) in [6.07, 6.45) is 6.23. The summed E-state index contributed by atoms with van der Waals surface area (Å²) in [5.41, 5.74) is 4.59. The first-order chi connectivity index (χ1) is 12.2. The molecule has 1 N–H and O–H groups in total. The Labute approximate surface area is 150 Å². The molecular weight excluding hydrogens is 312 g/mol. The predicted molar refractivity (Wildman–Crippen MR) is 102 cm³/mol. The van der Waals surface area contributed by atoms with Gasteiger partial charge < -0.3 is 9.84 Å². The summed E-state index contributed by atoms with van der Waals surface area (Å²) in [6.45, 7) is 4.36.